The first-order chi connectivity index (χ1) is 23.3. The molecule has 9 nitrogen and oxygen atoms in total. The standard InChI is InChI=1S/C38H74NO8P/c1-3-5-7-9-11-13-15-17-19-21-23-25-27-29-31-38(41)47-36(35-46-48(42,43)45-33-32-39)34-44-37(40)30-28-26-24-22-20-18-16-14-12-10-8-6-4-2/h15,17,36H,3-14,16,18-35,39H2,1-2H3,(H,42,43)/b17-15+/t36-/m1/s1. The Bertz CT molecular complexity index is 810. The Hall–Kier alpha value is -1.25. The number of esters is 2. The van der Waals surface area contributed by atoms with E-state index in [1.807, 2.05) is 0 Å². The molecule has 0 aromatic heterocycles. The first-order valence-corrected chi connectivity index (χ1v) is 21.2. The minimum atomic E-state index is -4.37. The number of carbonyl (C=O) groups is 2. The zero-order valence-corrected chi connectivity index (χ0v) is 31.9. The Morgan fingerprint density at radius 3 is 1.48 bits per heavy atom. The van der Waals surface area contributed by atoms with Gasteiger partial charge in [-0.05, 0) is 38.5 Å². The van der Waals surface area contributed by atoms with Gasteiger partial charge in [0.05, 0.1) is 13.2 Å². The topological polar surface area (TPSA) is 134 Å². The lowest BCUT2D eigenvalue weighted by molar-refractivity contribution is -0.161. The van der Waals surface area contributed by atoms with Gasteiger partial charge in [0, 0.05) is 19.4 Å². The summed E-state index contributed by atoms with van der Waals surface area (Å²) in [5.41, 5.74) is 5.33. The van der Waals surface area contributed by atoms with Gasteiger partial charge < -0.3 is 20.1 Å². The summed E-state index contributed by atoms with van der Waals surface area (Å²) in [5, 5.41) is 0. The van der Waals surface area contributed by atoms with Gasteiger partial charge in [0.25, 0.3) is 0 Å². The number of phosphoric acid groups is 1. The van der Waals surface area contributed by atoms with E-state index in [9.17, 15) is 19.0 Å². The second kappa shape index (κ2) is 35.6. The van der Waals surface area contributed by atoms with E-state index in [1.54, 1.807) is 0 Å². The SMILES string of the molecule is CCCCCCC/C=C/CCCCCCCC(=O)O[C@H](COC(=O)CCCCCCCCCCCCCCC)COP(=O)(O)OCCN. The van der Waals surface area contributed by atoms with E-state index >= 15 is 0 Å². The van der Waals surface area contributed by atoms with Gasteiger partial charge in [0.2, 0.25) is 0 Å². The summed E-state index contributed by atoms with van der Waals surface area (Å²) in [6.07, 6.45) is 33.8. The molecule has 2 atom stereocenters. The van der Waals surface area contributed by atoms with Crippen LogP contribution >= 0.6 is 7.82 Å². The van der Waals surface area contributed by atoms with Gasteiger partial charge in [-0.15, -0.1) is 0 Å². The van der Waals surface area contributed by atoms with Crippen LogP contribution in [0.3, 0.4) is 0 Å². The van der Waals surface area contributed by atoms with Gasteiger partial charge in [-0.2, -0.15) is 0 Å². The van der Waals surface area contributed by atoms with Gasteiger partial charge in [0.1, 0.15) is 6.61 Å². The van der Waals surface area contributed by atoms with Gasteiger partial charge in [-0.1, -0.05) is 148 Å². The predicted molar refractivity (Wildman–Crippen MR) is 197 cm³/mol. The van der Waals surface area contributed by atoms with Crippen molar-refractivity contribution in [3.8, 4) is 0 Å². The molecule has 0 aliphatic heterocycles. The smallest absolute Gasteiger partial charge is 0.462 e. The number of hydrogen-bond donors (Lipinski definition) is 2. The second-order valence-electron chi connectivity index (χ2n) is 13.2. The van der Waals surface area contributed by atoms with Crippen molar-refractivity contribution in [2.75, 3.05) is 26.4 Å². The predicted octanol–water partition coefficient (Wildman–Crippen LogP) is 10.7. The lowest BCUT2D eigenvalue weighted by atomic mass is 10.0. The highest BCUT2D eigenvalue weighted by Gasteiger charge is 2.25. The molecule has 284 valence electrons. The van der Waals surface area contributed by atoms with E-state index < -0.39 is 26.5 Å². The fourth-order valence-corrected chi connectivity index (χ4v) is 6.22. The highest BCUT2D eigenvalue weighted by molar-refractivity contribution is 7.47. The molecule has 10 heteroatoms. The number of phosphoric ester groups is 1. The molecule has 3 N–H and O–H groups in total. The molecule has 0 saturated carbocycles. The van der Waals surface area contributed by atoms with Crippen LogP contribution in [0.15, 0.2) is 12.2 Å². The van der Waals surface area contributed by atoms with Crippen LogP contribution in [-0.2, 0) is 32.7 Å². The third-order valence-electron chi connectivity index (χ3n) is 8.40. The van der Waals surface area contributed by atoms with Gasteiger partial charge >= 0.3 is 19.8 Å². The molecule has 0 aromatic carbocycles. The molecule has 0 aliphatic rings. The van der Waals surface area contributed by atoms with Crippen molar-refractivity contribution in [2.45, 2.75) is 193 Å². The normalized spacial score (nSPS) is 13.5. The second-order valence-corrected chi connectivity index (χ2v) is 14.6. The Morgan fingerprint density at radius 1 is 0.604 bits per heavy atom. The van der Waals surface area contributed by atoms with E-state index in [0.29, 0.717) is 6.42 Å². The summed E-state index contributed by atoms with van der Waals surface area (Å²) < 4.78 is 32.7. The van der Waals surface area contributed by atoms with E-state index in [-0.39, 0.29) is 38.6 Å². The fraction of sp³-hybridized carbons (Fsp3) is 0.895. The zero-order valence-electron chi connectivity index (χ0n) is 31.0. The third kappa shape index (κ3) is 34.6. The molecule has 0 spiro atoms. The Labute approximate surface area is 294 Å². The fourth-order valence-electron chi connectivity index (χ4n) is 5.45. The summed E-state index contributed by atoms with van der Waals surface area (Å²) >= 11 is 0. The molecule has 0 rings (SSSR count). The number of hydrogen-bond acceptors (Lipinski definition) is 8. The summed E-state index contributed by atoms with van der Waals surface area (Å²) in [4.78, 5) is 34.7. The molecule has 0 saturated heterocycles. The van der Waals surface area contributed by atoms with E-state index in [0.717, 1.165) is 51.4 Å². The first kappa shape index (κ1) is 46.8. The van der Waals surface area contributed by atoms with Crippen molar-refractivity contribution in [3.63, 3.8) is 0 Å². The highest BCUT2D eigenvalue weighted by Crippen LogP contribution is 2.43. The molecule has 0 heterocycles. The quantitative estimate of drug-likeness (QED) is 0.0280. The van der Waals surface area contributed by atoms with Crippen molar-refractivity contribution < 1.29 is 37.6 Å². The maximum absolute atomic E-state index is 12.5. The molecule has 0 fully saturated rings. The molecule has 0 amide bonds. The number of unbranched alkanes of at least 4 members (excludes halogenated alkanes) is 22. The van der Waals surface area contributed by atoms with E-state index in [4.69, 9.17) is 24.3 Å². The molecule has 48 heavy (non-hydrogen) atoms. The number of carbonyl (C=O) groups excluding carboxylic acids is 2. The van der Waals surface area contributed by atoms with Gasteiger partial charge in [0.15, 0.2) is 6.10 Å². The Morgan fingerprint density at radius 2 is 1.02 bits per heavy atom. The minimum absolute atomic E-state index is 0.0546. The Balaban J connectivity index is 4.20. The minimum Gasteiger partial charge on any atom is -0.462 e. The van der Waals surface area contributed by atoms with Crippen molar-refractivity contribution in [2.24, 2.45) is 5.73 Å². The Kier molecular flexibility index (Phi) is 34.6. The summed E-state index contributed by atoms with van der Waals surface area (Å²) in [7, 11) is -4.37. The number of rotatable bonds is 37. The van der Waals surface area contributed by atoms with Crippen LogP contribution in [0.4, 0.5) is 0 Å². The van der Waals surface area contributed by atoms with Crippen LogP contribution in [0.1, 0.15) is 187 Å². The van der Waals surface area contributed by atoms with Crippen LogP contribution in [0.5, 0.6) is 0 Å². The van der Waals surface area contributed by atoms with Crippen LogP contribution < -0.4 is 5.73 Å². The number of ether oxygens (including phenoxy) is 2. The van der Waals surface area contributed by atoms with Crippen molar-refractivity contribution in [3.05, 3.63) is 12.2 Å². The average Bonchev–Trinajstić information content (AvgIpc) is 3.07. The van der Waals surface area contributed by atoms with Crippen LogP contribution in [-0.4, -0.2) is 49.3 Å². The average molecular weight is 704 g/mol. The van der Waals surface area contributed by atoms with Crippen molar-refractivity contribution in [1.29, 1.82) is 0 Å². The van der Waals surface area contributed by atoms with Gasteiger partial charge in [-0.25, -0.2) is 4.57 Å². The van der Waals surface area contributed by atoms with Crippen molar-refractivity contribution >= 4 is 19.8 Å². The molecule has 0 radical (unpaired) electrons. The van der Waals surface area contributed by atoms with Crippen molar-refractivity contribution in [1.82, 2.24) is 0 Å². The number of allylic oxidation sites excluding steroid dienone is 2. The first-order valence-electron chi connectivity index (χ1n) is 19.7. The van der Waals surface area contributed by atoms with Gasteiger partial charge in [-0.3, -0.25) is 18.6 Å². The lowest BCUT2D eigenvalue weighted by Crippen LogP contribution is -2.29. The molecule has 0 bridgehead atoms. The molecule has 0 aromatic rings. The highest BCUT2D eigenvalue weighted by atomic mass is 31.2. The summed E-state index contributed by atoms with van der Waals surface area (Å²) in [6, 6.07) is 0. The molecule has 0 aliphatic carbocycles. The zero-order chi connectivity index (χ0) is 35.4. The largest absolute Gasteiger partial charge is 0.472 e. The summed E-state index contributed by atoms with van der Waals surface area (Å²) in [5.74, 6) is -0.832. The van der Waals surface area contributed by atoms with E-state index in [2.05, 4.69) is 26.0 Å². The molecular weight excluding hydrogens is 629 g/mol. The number of nitrogens with two attached hydrogens (primary N) is 1. The monoisotopic (exact) mass is 704 g/mol. The summed E-state index contributed by atoms with van der Waals surface area (Å²) in [6.45, 7) is 3.72. The molecular formula is C38H74NO8P. The van der Waals surface area contributed by atoms with Crippen LogP contribution in [0.2, 0.25) is 0 Å². The van der Waals surface area contributed by atoms with Crippen LogP contribution in [0.25, 0.3) is 0 Å². The lowest BCUT2D eigenvalue weighted by Gasteiger charge is -2.19. The molecule has 1 unspecified atom stereocenters. The third-order valence-corrected chi connectivity index (χ3v) is 9.39. The maximum Gasteiger partial charge on any atom is 0.472 e. The van der Waals surface area contributed by atoms with Crippen LogP contribution in [0, 0.1) is 0 Å². The maximum atomic E-state index is 12.5. The van der Waals surface area contributed by atoms with E-state index in [1.165, 1.54) is 103 Å².